The van der Waals surface area contributed by atoms with E-state index < -0.39 is 18.1 Å². The van der Waals surface area contributed by atoms with Crippen molar-refractivity contribution in [3.63, 3.8) is 0 Å². The maximum atomic E-state index is 13.1. The summed E-state index contributed by atoms with van der Waals surface area (Å²) in [7, 11) is 0. The van der Waals surface area contributed by atoms with Crippen LogP contribution in [0.2, 0.25) is 0 Å². The molecule has 2 fully saturated rings. The van der Waals surface area contributed by atoms with Gasteiger partial charge in [-0.05, 0) is 53.9 Å². The topological polar surface area (TPSA) is 95.9 Å². The molecule has 178 valence electrons. The molecule has 2 aliphatic carbocycles. The predicted molar refractivity (Wildman–Crippen MR) is 126 cm³/mol. The van der Waals surface area contributed by atoms with Gasteiger partial charge in [-0.2, -0.15) is 0 Å². The number of carboxylic acid groups (broad SMARTS) is 1. The normalized spacial score (nSPS) is 23.4. The number of nitrogens with one attached hydrogen (secondary N) is 1. The molecule has 7 heteroatoms. The first-order chi connectivity index (χ1) is 16.5. The highest BCUT2D eigenvalue weighted by molar-refractivity contribution is 5.86. The number of nitrogens with zero attached hydrogens (tertiary/aromatic N) is 1. The highest BCUT2D eigenvalue weighted by Gasteiger charge is 2.41. The molecule has 3 atom stereocenters. The summed E-state index contributed by atoms with van der Waals surface area (Å²) in [6.45, 7) is 1.11. The lowest BCUT2D eigenvalue weighted by molar-refractivity contribution is -0.150. The molecule has 34 heavy (non-hydrogen) atoms. The quantitative estimate of drug-likeness (QED) is 0.676. The van der Waals surface area contributed by atoms with Crippen LogP contribution in [0.1, 0.15) is 49.1 Å². The Morgan fingerprint density at radius 3 is 2.29 bits per heavy atom. The second-order valence-electron chi connectivity index (χ2n) is 9.53. The molecule has 7 nitrogen and oxygen atoms in total. The van der Waals surface area contributed by atoms with Crippen LogP contribution in [-0.4, -0.2) is 53.7 Å². The number of benzene rings is 2. The number of likely N-dealkylation sites (tertiary alicyclic amines) is 1. The molecule has 5 rings (SSSR count). The molecule has 2 N–H and O–H groups in total. The third-order valence-electron chi connectivity index (χ3n) is 7.65. The molecule has 2 aromatic rings. The number of fused-ring (bicyclic) bond motifs is 3. The molecule has 1 aliphatic heterocycles. The lowest BCUT2D eigenvalue weighted by atomic mass is 9.94. The highest BCUT2D eigenvalue weighted by atomic mass is 16.5. The van der Waals surface area contributed by atoms with E-state index >= 15 is 0 Å². The zero-order valence-corrected chi connectivity index (χ0v) is 19.1. The number of alkyl carbamates (subject to hydrolysis) is 1. The number of carbonyl (C=O) groups excluding carboxylic acids is 2. The van der Waals surface area contributed by atoms with E-state index in [1.165, 1.54) is 16.0 Å². The first kappa shape index (κ1) is 22.4. The van der Waals surface area contributed by atoms with Crippen molar-refractivity contribution in [1.82, 2.24) is 10.2 Å². The summed E-state index contributed by atoms with van der Waals surface area (Å²) in [5, 5.41) is 12.3. The maximum absolute atomic E-state index is 13.1. The minimum atomic E-state index is -0.933. The van der Waals surface area contributed by atoms with Crippen LogP contribution in [0.15, 0.2) is 48.5 Å². The van der Waals surface area contributed by atoms with Gasteiger partial charge in [-0.3, -0.25) is 4.79 Å². The predicted octanol–water partition coefficient (Wildman–Crippen LogP) is 4.02. The van der Waals surface area contributed by atoms with Gasteiger partial charge < -0.3 is 20.1 Å². The number of carbonyl (C=O) groups is 3. The van der Waals surface area contributed by atoms with Crippen molar-refractivity contribution < 1.29 is 24.2 Å². The Balaban J connectivity index is 1.17. The van der Waals surface area contributed by atoms with Gasteiger partial charge in [0, 0.05) is 24.9 Å². The summed E-state index contributed by atoms with van der Waals surface area (Å²) >= 11 is 0. The maximum Gasteiger partial charge on any atom is 0.407 e. The van der Waals surface area contributed by atoms with Gasteiger partial charge in [0.05, 0.1) is 0 Å². The van der Waals surface area contributed by atoms with Crippen molar-refractivity contribution >= 4 is 18.0 Å². The van der Waals surface area contributed by atoms with E-state index in [1.807, 2.05) is 24.3 Å². The highest BCUT2D eigenvalue weighted by Crippen LogP contribution is 2.44. The van der Waals surface area contributed by atoms with E-state index in [0.717, 1.165) is 36.8 Å². The number of rotatable bonds is 6. The molecular formula is C27H30N2O5. The largest absolute Gasteiger partial charge is 0.480 e. The molecule has 0 radical (unpaired) electrons. The molecule has 2 amide bonds. The molecule has 2 aromatic carbocycles. The van der Waals surface area contributed by atoms with E-state index in [2.05, 4.69) is 29.6 Å². The molecule has 0 unspecified atom stereocenters. The fourth-order valence-electron chi connectivity index (χ4n) is 5.97. The van der Waals surface area contributed by atoms with Crippen LogP contribution in [0.4, 0.5) is 4.79 Å². The van der Waals surface area contributed by atoms with Gasteiger partial charge in [-0.25, -0.2) is 9.59 Å². The average molecular weight is 463 g/mol. The Kier molecular flexibility index (Phi) is 6.26. The number of ether oxygens (including phenoxy) is 1. The van der Waals surface area contributed by atoms with Crippen molar-refractivity contribution in [3.8, 4) is 11.1 Å². The Labute approximate surface area is 199 Å². The van der Waals surface area contributed by atoms with E-state index in [9.17, 15) is 19.5 Å². The van der Waals surface area contributed by atoms with E-state index in [4.69, 9.17) is 4.74 Å². The van der Waals surface area contributed by atoms with Crippen LogP contribution >= 0.6 is 0 Å². The Morgan fingerprint density at radius 1 is 0.941 bits per heavy atom. The number of aliphatic carboxylic acids is 1. The summed E-state index contributed by atoms with van der Waals surface area (Å²) in [6.07, 6.45) is 3.22. The molecule has 0 bridgehead atoms. The lowest BCUT2D eigenvalue weighted by Gasteiger charge is -2.28. The third kappa shape index (κ3) is 4.15. The van der Waals surface area contributed by atoms with Crippen LogP contribution in [0.3, 0.4) is 0 Å². The van der Waals surface area contributed by atoms with Crippen molar-refractivity contribution in [2.24, 2.45) is 11.8 Å². The number of amides is 2. The molecular weight excluding hydrogens is 432 g/mol. The van der Waals surface area contributed by atoms with Gasteiger partial charge in [0.15, 0.2) is 0 Å². The summed E-state index contributed by atoms with van der Waals surface area (Å²) in [5.74, 6) is -1.25. The van der Waals surface area contributed by atoms with E-state index in [-0.39, 0.29) is 30.3 Å². The minimum absolute atomic E-state index is 0.00192. The zero-order chi connectivity index (χ0) is 23.7. The fraction of sp³-hybridized carbons (Fsp3) is 0.444. The Morgan fingerprint density at radius 2 is 1.62 bits per heavy atom. The average Bonchev–Trinajstić information content (AvgIpc) is 3.59. The summed E-state index contributed by atoms with van der Waals surface area (Å²) in [4.78, 5) is 38.6. The minimum Gasteiger partial charge on any atom is -0.480 e. The van der Waals surface area contributed by atoms with Gasteiger partial charge in [-0.15, -0.1) is 0 Å². The Bertz CT molecular complexity index is 1050. The van der Waals surface area contributed by atoms with E-state index in [1.54, 1.807) is 0 Å². The van der Waals surface area contributed by atoms with Crippen molar-refractivity contribution in [2.45, 2.75) is 44.1 Å². The molecule has 1 heterocycles. The number of hydrogen-bond acceptors (Lipinski definition) is 4. The Hall–Kier alpha value is -3.35. The van der Waals surface area contributed by atoms with Gasteiger partial charge in [-0.1, -0.05) is 55.0 Å². The SMILES string of the molecule is O=C(NC[C@H]1CCC[C@H]1C(=O)N1CCC[C@@H]1C(=O)O)OCC1c2ccccc2-c2ccccc21. The van der Waals surface area contributed by atoms with Crippen molar-refractivity contribution in [3.05, 3.63) is 59.7 Å². The zero-order valence-electron chi connectivity index (χ0n) is 19.1. The van der Waals surface area contributed by atoms with Crippen LogP contribution < -0.4 is 5.32 Å². The number of hydrogen-bond donors (Lipinski definition) is 2. The van der Waals surface area contributed by atoms with Crippen LogP contribution in [0.25, 0.3) is 11.1 Å². The van der Waals surface area contributed by atoms with Crippen LogP contribution in [0.5, 0.6) is 0 Å². The van der Waals surface area contributed by atoms with E-state index in [0.29, 0.717) is 19.5 Å². The molecule has 0 spiro atoms. The molecule has 1 saturated carbocycles. The van der Waals surface area contributed by atoms with Gasteiger partial charge in [0.2, 0.25) is 5.91 Å². The molecule has 0 aromatic heterocycles. The van der Waals surface area contributed by atoms with Gasteiger partial charge in [0.25, 0.3) is 0 Å². The monoisotopic (exact) mass is 462 g/mol. The van der Waals surface area contributed by atoms with Gasteiger partial charge in [0.1, 0.15) is 12.6 Å². The second-order valence-corrected chi connectivity index (χ2v) is 9.53. The standard InChI is InChI=1S/C27H30N2O5/c30-25(29-14-6-13-24(29)26(31)32)18-12-5-7-17(18)15-28-27(33)34-16-23-21-10-3-1-8-19(21)20-9-2-4-11-22(20)23/h1-4,8-11,17-18,23-24H,5-7,12-16H2,(H,28,33)(H,31,32)/t17-,18-,24-/m1/s1. The number of carboxylic acids is 1. The molecule has 1 saturated heterocycles. The first-order valence-corrected chi connectivity index (χ1v) is 12.2. The van der Waals surface area contributed by atoms with Crippen molar-refractivity contribution in [1.29, 1.82) is 0 Å². The lowest BCUT2D eigenvalue weighted by Crippen LogP contribution is -2.45. The van der Waals surface area contributed by atoms with Crippen molar-refractivity contribution in [2.75, 3.05) is 19.7 Å². The van der Waals surface area contributed by atoms with Crippen LogP contribution in [0, 0.1) is 11.8 Å². The summed E-state index contributed by atoms with van der Waals surface area (Å²) in [5.41, 5.74) is 4.69. The van der Waals surface area contributed by atoms with Crippen LogP contribution in [-0.2, 0) is 14.3 Å². The first-order valence-electron chi connectivity index (χ1n) is 12.2. The summed E-state index contributed by atoms with van der Waals surface area (Å²) < 4.78 is 5.62. The summed E-state index contributed by atoms with van der Waals surface area (Å²) in [6, 6.07) is 15.7. The fourth-order valence-corrected chi connectivity index (χ4v) is 5.97. The third-order valence-corrected chi connectivity index (χ3v) is 7.65. The van der Waals surface area contributed by atoms with Gasteiger partial charge >= 0.3 is 12.1 Å². The molecule has 3 aliphatic rings. The smallest absolute Gasteiger partial charge is 0.407 e. The second kappa shape index (κ2) is 9.49.